The lowest BCUT2D eigenvalue weighted by Gasteiger charge is -2.31. The number of carbonyl (C=O) groups is 1. The predicted molar refractivity (Wildman–Crippen MR) is 85.4 cm³/mol. The van der Waals surface area contributed by atoms with Crippen molar-refractivity contribution in [1.29, 1.82) is 0 Å². The standard InChI is InChI=1S/C15H23N3O3S/c1-17(2)22(20,21)16-14(13-9-5-3-6-10-13)15(19)18-11-7-4-8-12-18/h3,5-6,9-10,14,16H,4,7-8,11-12H2,1-2H3/t14-/m0/s1. The van der Waals surface area contributed by atoms with Gasteiger partial charge in [-0.3, -0.25) is 4.79 Å². The zero-order chi connectivity index (χ0) is 16.2. The first kappa shape index (κ1) is 16.9. The molecule has 6 nitrogen and oxygen atoms in total. The summed E-state index contributed by atoms with van der Waals surface area (Å²) in [5, 5.41) is 0. The minimum absolute atomic E-state index is 0.184. The van der Waals surface area contributed by atoms with Gasteiger partial charge in [-0.15, -0.1) is 0 Å². The molecule has 0 saturated carbocycles. The largest absolute Gasteiger partial charge is 0.341 e. The van der Waals surface area contributed by atoms with Crippen LogP contribution in [0.1, 0.15) is 30.9 Å². The molecule has 0 aromatic heterocycles. The summed E-state index contributed by atoms with van der Waals surface area (Å²) < 4.78 is 27.9. The highest BCUT2D eigenvalue weighted by molar-refractivity contribution is 7.87. The molecule has 0 bridgehead atoms. The molecule has 1 saturated heterocycles. The Morgan fingerprint density at radius 2 is 1.73 bits per heavy atom. The minimum Gasteiger partial charge on any atom is -0.341 e. The number of piperidine rings is 1. The van der Waals surface area contributed by atoms with E-state index in [9.17, 15) is 13.2 Å². The molecule has 2 rings (SSSR count). The third kappa shape index (κ3) is 4.06. The third-order valence-electron chi connectivity index (χ3n) is 3.80. The molecule has 1 aliphatic heterocycles. The first-order chi connectivity index (χ1) is 10.4. The fraction of sp³-hybridized carbons (Fsp3) is 0.533. The molecule has 1 N–H and O–H groups in total. The molecule has 1 amide bonds. The molecule has 1 aromatic rings. The van der Waals surface area contributed by atoms with Gasteiger partial charge in [0, 0.05) is 27.2 Å². The normalized spacial score (nSPS) is 17.5. The van der Waals surface area contributed by atoms with Crippen LogP contribution in [0, 0.1) is 0 Å². The quantitative estimate of drug-likeness (QED) is 0.882. The molecule has 1 aliphatic rings. The summed E-state index contributed by atoms with van der Waals surface area (Å²) in [5.74, 6) is -0.184. The van der Waals surface area contributed by atoms with Crippen LogP contribution < -0.4 is 4.72 Å². The van der Waals surface area contributed by atoms with E-state index in [1.54, 1.807) is 29.2 Å². The summed E-state index contributed by atoms with van der Waals surface area (Å²) in [7, 11) is -0.813. The molecular formula is C15H23N3O3S. The molecule has 1 aromatic carbocycles. The van der Waals surface area contributed by atoms with Gasteiger partial charge in [-0.25, -0.2) is 0 Å². The van der Waals surface area contributed by atoms with E-state index >= 15 is 0 Å². The van der Waals surface area contributed by atoms with Gasteiger partial charge < -0.3 is 4.90 Å². The van der Waals surface area contributed by atoms with E-state index in [1.807, 2.05) is 6.07 Å². The van der Waals surface area contributed by atoms with Crippen molar-refractivity contribution in [2.45, 2.75) is 25.3 Å². The molecule has 0 unspecified atom stereocenters. The van der Waals surface area contributed by atoms with Crippen molar-refractivity contribution < 1.29 is 13.2 Å². The molecule has 0 spiro atoms. The van der Waals surface area contributed by atoms with Crippen LogP contribution in [0.4, 0.5) is 0 Å². The highest BCUT2D eigenvalue weighted by atomic mass is 32.2. The zero-order valence-electron chi connectivity index (χ0n) is 13.0. The maximum Gasteiger partial charge on any atom is 0.279 e. The smallest absolute Gasteiger partial charge is 0.279 e. The van der Waals surface area contributed by atoms with Gasteiger partial charge in [0.15, 0.2) is 0 Å². The van der Waals surface area contributed by atoms with Crippen LogP contribution in [0.2, 0.25) is 0 Å². The lowest BCUT2D eigenvalue weighted by atomic mass is 10.0. The van der Waals surface area contributed by atoms with Gasteiger partial charge in [0.1, 0.15) is 6.04 Å². The summed E-state index contributed by atoms with van der Waals surface area (Å²) in [4.78, 5) is 14.5. The summed E-state index contributed by atoms with van der Waals surface area (Å²) in [6.07, 6.45) is 3.05. The lowest BCUT2D eigenvalue weighted by Crippen LogP contribution is -2.47. The average molecular weight is 325 g/mol. The predicted octanol–water partition coefficient (Wildman–Crippen LogP) is 1.14. The lowest BCUT2D eigenvalue weighted by molar-refractivity contribution is -0.134. The molecule has 0 radical (unpaired) electrons. The Hall–Kier alpha value is -1.44. The number of likely N-dealkylation sites (tertiary alicyclic amines) is 1. The van der Waals surface area contributed by atoms with Crippen LogP contribution in [0.15, 0.2) is 30.3 Å². The van der Waals surface area contributed by atoms with Crippen LogP contribution in [0.5, 0.6) is 0 Å². The van der Waals surface area contributed by atoms with E-state index in [4.69, 9.17) is 0 Å². The first-order valence-electron chi connectivity index (χ1n) is 7.45. The average Bonchev–Trinajstić information content (AvgIpc) is 2.53. The number of hydrogen-bond donors (Lipinski definition) is 1. The number of benzene rings is 1. The maximum absolute atomic E-state index is 12.8. The SMILES string of the molecule is CN(C)S(=O)(=O)N[C@H](C(=O)N1CCCCC1)c1ccccc1. The molecule has 1 fully saturated rings. The van der Waals surface area contributed by atoms with Crippen molar-refractivity contribution in [3.63, 3.8) is 0 Å². The fourth-order valence-electron chi connectivity index (χ4n) is 2.46. The van der Waals surface area contributed by atoms with Crippen LogP contribution in [-0.4, -0.2) is 50.7 Å². The first-order valence-corrected chi connectivity index (χ1v) is 8.89. The second-order valence-corrected chi connectivity index (χ2v) is 7.55. The molecule has 1 heterocycles. The molecule has 7 heteroatoms. The maximum atomic E-state index is 12.8. The minimum atomic E-state index is -3.69. The zero-order valence-corrected chi connectivity index (χ0v) is 13.8. The van der Waals surface area contributed by atoms with Gasteiger partial charge in [-0.05, 0) is 24.8 Å². The fourth-order valence-corrected chi connectivity index (χ4v) is 3.20. The van der Waals surface area contributed by atoms with Crippen molar-refractivity contribution in [2.75, 3.05) is 27.2 Å². The molecule has 1 atom stereocenters. The van der Waals surface area contributed by atoms with E-state index in [0.29, 0.717) is 18.7 Å². The van der Waals surface area contributed by atoms with Crippen LogP contribution >= 0.6 is 0 Å². The number of rotatable bonds is 5. The summed E-state index contributed by atoms with van der Waals surface area (Å²) in [6.45, 7) is 1.37. The highest BCUT2D eigenvalue weighted by Crippen LogP contribution is 2.20. The summed E-state index contributed by atoms with van der Waals surface area (Å²) >= 11 is 0. The number of hydrogen-bond acceptors (Lipinski definition) is 3. The molecule has 22 heavy (non-hydrogen) atoms. The molecule has 122 valence electrons. The monoisotopic (exact) mass is 325 g/mol. The van der Waals surface area contributed by atoms with Crippen molar-refractivity contribution in [2.24, 2.45) is 0 Å². The van der Waals surface area contributed by atoms with E-state index in [0.717, 1.165) is 23.6 Å². The van der Waals surface area contributed by atoms with Crippen molar-refractivity contribution >= 4 is 16.1 Å². The Kier molecular flexibility index (Phi) is 5.55. The summed E-state index contributed by atoms with van der Waals surface area (Å²) in [5.41, 5.74) is 0.656. The number of nitrogens with one attached hydrogen (secondary N) is 1. The Bertz CT molecular complexity index is 596. The molecular weight excluding hydrogens is 302 g/mol. The van der Waals surface area contributed by atoms with E-state index < -0.39 is 16.3 Å². The number of carbonyl (C=O) groups excluding carboxylic acids is 1. The third-order valence-corrected chi connectivity index (χ3v) is 5.29. The number of nitrogens with zero attached hydrogens (tertiary/aromatic N) is 2. The topological polar surface area (TPSA) is 69.7 Å². The Balaban J connectivity index is 2.27. The van der Waals surface area contributed by atoms with Gasteiger partial charge in [-0.1, -0.05) is 30.3 Å². The number of amides is 1. The van der Waals surface area contributed by atoms with Gasteiger partial charge in [0.25, 0.3) is 10.2 Å². The van der Waals surface area contributed by atoms with Crippen molar-refractivity contribution in [3.8, 4) is 0 Å². The van der Waals surface area contributed by atoms with E-state index in [-0.39, 0.29) is 5.91 Å². The Labute approximate surface area is 132 Å². The summed E-state index contributed by atoms with van der Waals surface area (Å²) in [6, 6.07) is 8.10. The van der Waals surface area contributed by atoms with Crippen LogP contribution in [0.3, 0.4) is 0 Å². The van der Waals surface area contributed by atoms with Crippen molar-refractivity contribution in [1.82, 2.24) is 13.9 Å². The van der Waals surface area contributed by atoms with Crippen LogP contribution in [0.25, 0.3) is 0 Å². The second kappa shape index (κ2) is 7.21. The van der Waals surface area contributed by atoms with Gasteiger partial charge in [0.05, 0.1) is 0 Å². The van der Waals surface area contributed by atoms with Crippen molar-refractivity contribution in [3.05, 3.63) is 35.9 Å². The van der Waals surface area contributed by atoms with Gasteiger partial charge >= 0.3 is 0 Å². The highest BCUT2D eigenvalue weighted by Gasteiger charge is 2.31. The van der Waals surface area contributed by atoms with Gasteiger partial charge in [0.2, 0.25) is 5.91 Å². The van der Waals surface area contributed by atoms with Crippen LogP contribution in [-0.2, 0) is 15.0 Å². The van der Waals surface area contributed by atoms with E-state index in [1.165, 1.54) is 14.1 Å². The molecule has 0 aliphatic carbocycles. The Morgan fingerprint density at radius 1 is 1.14 bits per heavy atom. The second-order valence-electron chi connectivity index (χ2n) is 5.63. The van der Waals surface area contributed by atoms with Gasteiger partial charge in [-0.2, -0.15) is 17.4 Å². The Morgan fingerprint density at radius 3 is 2.27 bits per heavy atom. The van der Waals surface area contributed by atoms with E-state index in [2.05, 4.69) is 4.72 Å².